The molecule has 0 radical (unpaired) electrons. The summed E-state index contributed by atoms with van der Waals surface area (Å²) < 4.78 is 66.3. The highest BCUT2D eigenvalue weighted by atomic mass is 32.2. The van der Waals surface area contributed by atoms with Gasteiger partial charge in [-0.2, -0.15) is 17.5 Å². The summed E-state index contributed by atoms with van der Waals surface area (Å²) in [5.41, 5.74) is -2.82. The highest BCUT2D eigenvalue weighted by Gasteiger charge is 2.57. The van der Waals surface area contributed by atoms with Crippen LogP contribution in [0.1, 0.15) is 58.4 Å². The third-order valence-electron chi connectivity index (χ3n) is 8.44. The van der Waals surface area contributed by atoms with Crippen LogP contribution in [0.5, 0.6) is 0 Å². The summed E-state index contributed by atoms with van der Waals surface area (Å²) in [6.07, 6.45) is -2.53. The van der Waals surface area contributed by atoms with Crippen LogP contribution in [0.4, 0.5) is 18.0 Å². The number of hydrogen-bond acceptors (Lipinski definition) is 4. The van der Waals surface area contributed by atoms with E-state index in [-0.39, 0.29) is 48.3 Å². The number of amides is 2. The molecule has 0 unspecified atom stereocenters. The Hall–Kier alpha value is -2.34. The number of likely N-dealkylation sites (tertiary alicyclic amines) is 1. The lowest BCUT2D eigenvalue weighted by atomic mass is 9.67. The van der Waals surface area contributed by atoms with Crippen molar-refractivity contribution < 1.29 is 36.3 Å². The van der Waals surface area contributed by atoms with Crippen molar-refractivity contribution >= 4 is 22.0 Å². The Morgan fingerprint density at radius 3 is 2.27 bits per heavy atom. The van der Waals surface area contributed by atoms with Crippen molar-refractivity contribution in [2.24, 2.45) is 17.3 Å². The van der Waals surface area contributed by atoms with Gasteiger partial charge in [0, 0.05) is 25.7 Å². The number of carbonyl (C=O) groups is 2. The number of carboxylic acid groups (broad SMARTS) is 1. The van der Waals surface area contributed by atoms with Crippen LogP contribution in [-0.4, -0.2) is 65.9 Å². The molecule has 12 heteroatoms. The maximum Gasteiger partial charge on any atom is 0.416 e. The number of carbonyl (C=O) groups excluding carboxylic acids is 1. The first-order valence-electron chi connectivity index (χ1n) is 12.6. The van der Waals surface area contributed by atoms with Crippen LogP contribution in [0, 0.1) is 17.3 Å². The third kappa shape index (κ3) is 4.82. The number of nitrogens with zero attached hydrogens (tertiary/aromatic N) is 2. The molecular weight excluding hydrogens is 511 g/mol. The minimum atomic E-state index is -4.56. The minimum Gasteiger partial charge on any atom is -0.465 e. The van der Waals surface area contributed by atoms with Crippen molar-refractivity contribution in [3.05, 3.63) is 29.8 Å². The molecule has 4 rings (SSSR count). The summed E-state index contributed by atoms with van der Waals surface area (Å²) in [6.45, 7) is 6.23. The Morgan fingerprint density at radius 1 is 1.05 bits per heavy atom. The lowest BCUT2D eigenvalue weighted by molar-refractivity contribution is -0.144. The molecule has 2 heterocycles. The number of halogens is 3. The molecule has 2 amide bonds. The molecule has 1 saturated carbocycles. The van der Waals surface area contributed by atoms with Gasteiger partial charge in [0.05, 0.1) is 10.5 Å². The summed E-state index contributed by atoms with van der Waals surface area (Å²) >= 11 is 0. The van der Waals surface area contributed by atoms with E-state index in [4.69, 9.17) is 0 Å². The third-order valence-corrected chi connectivity index (χ3v) is 10.3. The Labute approximate surface area is 215 Å². The van der Waals surface area contributed by atoms with Gasteiger partial charge in [-0.25, -0.2) is 13.2 Å². The molecule has 3 fully saturated rings. The Morgan fingerprint density at radius 2 is 1.70 bits per heavy atom. The molecule has 0 spiro atoms. The quantitative estimate of drug-likeness (QED) is 0.591. The second-order valence-corrected chi connectivity index (χ2v) is 13.4. The molecule has 1 aliphatic carbocycles. The van der Waals surface area contributed by atoms with E-state index in [0.717, 1.165) is 30.7 Å². The number of rotatable bonds is 4. The van der Waals surface area contributed by atoms with E-state index in [9.17, 15) is 36.3 Å². The van der Waals surface area contributed by atoms with E-state index in [1.54, 1.807) is 0 Å². The van der Waals surface area contributed by atoms with Gasteiger partial charge in [-0.05, 0) is 73.6 Å². The van der Waals surface area contributed by atoms with Crippen molar-refractivity contribution in [1.82, 2.24) is 14.5 Å². The van der Waals surface area contributed by atoms with Crippen molar-refractivity contribution in [2.75, 3.05) is 19.6 Å². The van der Waals surface area contributed by atoms with E-state index < -0.39 is 38.8 Å². The van der Waals surface area contributed by atoms with Gasteiger partial charge in [0.15, 0.2) is 0 Å². The summed E-state index contributed by atoms with van der Waals surface area (Å²) in [5, 5.41) is 13.0. The number of nitrogens with one attached hydrogen (secondary N) is 1. The molecule has 206 valence electrons. The van der Waals surface area contributed by atoms with Gasteiger partial charge in [-0.15, -0.1) is 0 Å². The molecule has 3 aliphatic rings. The second-order valence-electron chi connectivity index (χ2n) is 11.4. The predicted octanol–water partition coefficient (Wildman–Crippen LogP) is 4.17. The van der Waals surface area contributed by atoms with Crippen molar-refractivity contribution in [3.63, 3.8) is 0 Å². The van der Waals surface area contributed by atoms with Gasteiger partial charge < -0.3 is 10.4 Å². The number of piperidine rings is 1. The van der Waals surface area contributed by atoms with E-state index in [2.05, 4.69) is 5.32 Å². The first-order valence-corrected chi connectivity index (χ1v) is 14.0. The normalized spacial score (nSPS) is 29.2. The topological polar surface area (TPSA) is 107 Å². The predicted molar refractivity (Wildman–Crippen MR) is 129 cm³/mol. The van der Waals surface area contributed by atoms with E-state index in [1.807, 2.05) is 20.8 Å². The average Bonchev–Trinajstić information content (AvgIpc) is 3.40. The molecule has 2 saturated heterocycles. The van der Waals surface area contributed by atoms with E-state index >= 15 is 0 Å². The van der Waals surface area contributed by atoms with E-state index in [0.29, 0.717) is 25.7 Å². The van der Waals surface area contributed by atoms with Gasteiger partial charge in [0.25, 0.3) is 0 Å². The Kier molecular flexibility index (Phi) is 7.07. The SMILES string of the molecule is CC(C)(C)[C@]1(C(=O)N[C@@H]2CC[C@H]3CN(S(=O)(=O)c4ccc(C(F)(F)F)cc4)C[C@H]32)CCCCN1C(=O)O. The number of alkyl halides is 3. The maximum absolute atomic E-state index is 13.8. The standard InChI is InChI=1S/C25H34F3N3O5S/c1-23(2,3)24(12-4-5-13-31(24)22(33)34)21(32)29-20-11-6-16-14-30(15-19(16)20)37(35,36)18-9-7-17(8-10-18)25(26,27)28/h7-10,16,19-20H,4-6,11-15H2,1-3H3,(H,29,32)(H,33,34)/t16-,19+,20+,24+/m0/s1. The largest absolute Gasteiger partial charge is 0.465 e. The van der Waals surface area contributed by atoms with Gasteiger partial charge in [-0.3, -0.25) is 9.69 Å². The zero-order valence-electron chi connectivity index (χ0n) is 21.2. The van der Waals surface area contributed by atoms with Crippen LogP contribution in [0.25, 0.3) is 0 Å². The molecule has 1 aromatic carbocycles. The molecule has 8 nitrogen and oxygen atoms in total. The monoisotopic (exact) mass is 545 g/mol. The van der Waals surface area contributed by atoms with Crippen molar-refractivity contribution in [3.8, 4) is 0 Å². The lowest BCUT2D eigenvalue weighted by Gasteiger charge is -2.52. The fraction of sp³-hybridized carbons (Fsp3) is 0.680. The number of benzene rings is 1. The average molecular weight is 546 g/mol. The van der Waals surface area contributed by atoms with Crippen LogP contribution >= 0.6 is 0 Å². The van der Waals surface area contributed by atoms with Crippen LogP contribution in [0.15, 0.2) is 29.2 Å². The van der Waals surface area contributed by atoms with Gasteiger partial charge >= 0.3 is 12.3 Å². The summed E-state index contributed by atoms with van der Waals surface area (Å²) in [4.78, 5) is 27.0. The molecule has 1 aromatic rings. The molecule has 0 aromatic heterocycles. The summed E-state index contributed by atoms with van der Waals surface area (Å²) in [5.74, 6) is -0.508. The fourth-order valence-electron chi connectivity index (χ4n) is 6.44. The van der Waals surface area contributed by atoms with Crippen molar-refractivity contribution in [1.29, 1.82) is 0 Å². The molecule has 4 atom stereocenters. The molecule has 37 heavy (non-hydrogen) atoms. The van der Waals surface area contributed by atoms with Crippen molar-refractivity contribution in [2.45, 2.75) is 75.5 Å². The van der Waals surface area contributed by atoms with Crippen LogP contribution < -0.4 is 5.32 Å². The molecular formula is C25H34F3N3O5S. The lowest BCUT2D eigenvalue weighted by Crippen LogP contribution is -2.69. The molecule has 2 N–H and O–H groups in total. The van der Waals surface area contributed by atoms with Crippen LogP contribution in [-0.2, 0) is 21.0 Å². The highest BCUT2D eigenvalue weighted by molar-refractivity contribution is 7.89. The second kappa shape index (κ2) is 9.44. The zero-order chi connectivity index (χ0) is 27.4. The van der Waals surface area contributed by atoms with Crippen LogP contribution in [0.3, 0.4) is 0 Å². The van der Waals surface area contributed by atoms with Gasteiger partial charge in [0.1, 0.15) is 5.54 Å². The Balaban J connectivity index is 1.52. The highest BCUT2D eigenvalue weighted by Crippen LogP contribution is 2.45. The summed E-state index contributed by atoms with van der Waals surface area (Å²) in [6, 6.07) is 3.15. The Bertz CT molecular complexity index is 1150. The molecule has 0 bridgehead atoms. The fourth-order valence-corrected chi connectivity index (χ4v) is 7.98. The maximum atomic E-state index is 13.8. The first kappa shape index (κ1) is 27.7. The zero-order valence-corrected chi connectivity index (χ0v) is 22.0. The summed E-state index contributed by atoms with van der Waals surface area (Å²) in [7, 11) is -4.00. The smallest absolute Gasteiger partial charge is 0.416 e. The first-order chi connectivity index (χ1) is 17.1. The number of hydrogen-bond donors (Lipinski definition) is 2. The minimum absolute atomic E-state index is 0.00189. The van der Waals surface area contributed by atoms with Crippen LogP contribution in [0.2, 0.25) is 0 Å². The number of sulfonamides is 1. The van der Waals surface area contributed by atoms with Gasteiger partial charge in [0.2, 0.25) is 15.9 Å². The van der Waals surface area contributed by atoms with Gasteiger partial charge in [-0.1, -0.05) is 20.8 Å². The number of fused-ring (bicyclic) bond motifs is 1. The molecule has 2 aliphatic heterocycles. The van der Waals surface area contributed by atoms with E-state index in [1.165, 1.54) is 9.21 Å².